The Bertz CT molecular complexity index is 703. The first-order chi connectivity index (χ1) is 11.0. The molecule has 23 heavy (non-hydrogen) atoms. The van der Waals surface area contributed by atoms with Crippen LogP contribution in [0, 0.1) is 5.92 Å². The van der Waals surface area contributed by atoms with E-state index in [1.54, 1.807) is 12.1 Å². The molecule has 2 aromatic rings. The summed E-state index contributed by atoms with van der Waals surface area (Å²) in [5.41, 5.74) is 6.25. The Morgan fingerprint density at radius 1 is 1.48 bits per heavy atom. The van der Waals surface area contributed by atoms with Crippen LogP contribution >= 0.6 is 11.6 Å². The number of aromatic nitrogens is 2. The second kappa shape index (κ2) is 6.68. The van der Waals surface area contributed by atoms with E-state index in [4.69, 9.17) is 21.9 Å². The van der Waals surface area contributed by atoms with Gasteiger partial charge in [0.15, 0.2) is 0 Å². The predicted octanol–water partition coefficient (Wildman–Crippen LogP) is 2.48. The summed E-state index contributed by atoms with van der Waals surface area (Å²) < 4.78 is 5.34. The summed E-state index contributed by atoms with van der Waals surface area (Å²) in [6.07, 6.45) is 1.77. The van der Waals surface area contributed by atoms with Crippen molar-refractivity contribution in [2.24, 2.45) is 11.7 Å². The van der Waals surface area contributed by atoms with Crippen molar-refractivity contribution in [2.45, 2.75) is 32.4 Å². The molecule has 0 saturated carbocycles. The topological polar surface area (TPSA) is 85.3 Å². The third kappa shape index (κ3) is 3.71. The highest BCUT2D eigenvalue weighted by Gasteiger charge is 2.29. The van der Waals surface area contributed by atoms with Gasteiger partial charge in [-0.3, -0.25) is 9.69 Å². The van der Waals surface area contributed by atoms with Crippen molar-refractivity contribution in [1.82, 2.24) is 15.0 Å². The molecule has 1 amide bonds. The van der Waals surface area contributed by atoms with Crippen molar-refractivity contribution in [1.29, 1.82) is 0 Å². The average molecular weight is 335 g/mol. The van der Waals surface area contributed by atoms with Crippen LogP contribution in [0.15, 0.2) is 28.8 Å². The molecule has 2 N–H and O–H groups in total. The number of nitrogens with two attached hydrogens (primary N) is 1. The number of amides is 1. The number of primary amides is 1. The maximum atomic E-state index is 11.4. The number of rotatable bonds is 4. The molecule has 0 spiro atoms. The van der Waals surface area contributed by atoms with E-state index in [1.807, 2.05) is 12.1 Å². The molecule has 1 aromatic heterocycles. The molecule has 0 radical (unpaired) electrons. The summed E-state index contributed by atoms with van der Waals surface area (Å²) >= 11 is 5.98. The van der Waals surface area contributed by atoms with Gasteiger partial charge in [-0.1, -0.05) is 28.9 Å². The molecule has 1 aliphatic rings. The fourth-order valence-electron chi connectivity index (χ4n) is 2.87. The van der Waals surface area contributed by atoms with Crippen LogP contribution in [0.2, 0.25) is 5.02 Å². The maximum absolute atomic E-state index is 11.4. The Balaban J connectivity index is 1.72. The Kier molecular flexibility index (Phi) is 4.63. The van der Waals surface area contributed by atoms with E-state index in [0.717, 1.165) is 18.4 Å². The number of carbonyl (C=O) groups is 1. The van der Waals surface area contributed by atoms with Gasteiger partial charge >= 0.3 is 0 Å². The molecule has 1 aliphatic heterocycles. The molecule has 0 aliphatic carbocycles. The van der Waals surface area contributed by atoms with Gasteiger partial charge in [0.1, 0.15) is 0 Å². The molecule has 6 nitrogen and oxygen atoms in total. The first kappa shape index (κ1) is 16.0. The summed E-state index contributed by atoms with van der Waals surface area (Å²) in [5, 5.41) is 4.64. The van der Waals surface area contributed by atoms with Crippen LogP contribution in [-0.2, 0) is 11.3 Å². The zero-order chi connectivity index (χ0) is 16.4. The highest BCUT2D eigenvalue weighted by Crippen LogP contribution is 2.24. The fraction of sp³-hybridized carbons (Fsp3) is 0.438. The highest BCUT2D eigenvalue weighted by molar-refractivity contribution is 6.30. The van der Waals surface area contributed by atoms with Crippen LogP contribution in [0.4, 0.5) is 0 Å². The average Bonchev–Trinajstić information content (AvgIpc) is 2.98. The summed E-state index contributed by atoms with van der Waals surface area (Å²) in [4.78, 5) is 18.0. The second-order valence-corrected chi connectivity index (χ2v) is 6.41. The molecular weight excluding hydrogens is 316 g/mol. The first-order valence-electron chi connectivity index (χ1n) is 7.65. The summed E-state index contributed by atoms with van der Waals surface area (Å²) in [6.45, 7) is 3.27. The molecular formula is C16H19ClN4O2. The van der Waals surface area contributed by atoms with E-state index < -0.39 is 0 Å². The SMILES string of the molecule is C[C@H]1CC[C@H](C(N)=O)CN1Cc1nc(-c2cccc(Cl)c2)no1. The maximum Gasteiger partial charge on any atom is 0.241 e. The Labute approximate surface area is 139 Å². The van der Waals surface area contributed by atoms with Gasteiger partial charge in [0.05, 0.1) is 12.5 Å². The molecule has 0 bridgehead atoms. The van der Waals surface area contributed by atoms with E-state index in [1.165, 1.54) is 0 Å². The van der Waals surface area contributed by atoms with E-state index in [0.29, 0.717) is 35.9 Å². The highest BCUT2D eigenvalue weighted by atomic mass is 35.5. The van der Waals surface area contributed by atoms with Crippen LogP contribution in [-0.4, -0.2) is 33.5 Å². The number of nitrogens with zero attached hydrogens (tertiary/aromatic N) is 3. The van der Waals surface area contributed by atoms with Crippen molar-refractivity contribution in [3.05, 3.63) is 35.2 Å². The van der Waals surface area contributed by atoms with Crippen LogP contribution in [0.5, 0.6) is 0 Å². The van der Waals surface area contributed by atoms with E-state index >= 15 is 0 Å². The normalized spacial score (nSPS) is 22.2. The minimum absolute atomic E-state index is 0.110. The van der Waals surface area contributed by atoms with Crippen molar-refractivity contribution in [3.63, 3.8) is 0 Å². The van der Waals surface area contributed by atoms with Crippen molar-refractivity contribution in [2.75, 3.05) is 6.54 Å². The van der Waals surface area contributed by atoms with Gasteiger partial charge in [-0.2, -0.15) is 4.98 Å². The predicted molar refractivity (Wildman–Crippen MR) is 86.5 cm³/mol. The molecule has 2 heterocycles. The van der Waals surface area contributed by atoms with Crippen LogP contribution < -0.4 is 5.73 Å². The quantitative estimate of drug-likeness (QED) is 0.928. The van der Waals surface area contributed by atoms with E-state index in [2.05, 4.69) is 22.0 Å². The molecule has 122 valence electrons. The number of benzene rings is 1. The third-order valence-corrected chi connectivity index (χ3v) is 4.54. The van der Waals surface area contributed by atoms with Gasteiger partial charge in [0.25, 0.3) is 0 Å². The standard InChI is InChI=1S/C16H19ClN4O2/c1-10-5-6-12(15(18)22)8-21(10)9-14-19-16(20-23-14)11-3-2-4-13(17)7-11/h2-4,7,10,12H,5-6,8-9H2,1H3,(H2,18,22)/t10-,12-/m0/s1. The number of hydrogen-bond donors (Lipinski definition) is 1. The van der Waals surface area contributed by atoms with Gasteiger partial charge in [-0.25, -0.2) is 0 Å². The zero-order valence-corrected chi connectivity index (χ0v) is 13.7. The monoisotopic (exact) mass is 334 g/mol. The number of carbonyl (C=O) groups excluding carboxylic acids is 1. The molecule has 7 heteroatoms. The third-order valence-electron chi connectivity index (χ3n) is 4.30. The number of likely N-dealkylation sites (tertiary alicyclic amines) is 1. The zero-order valence-electron chi connectivity index (χ0n) is 12.9. The van der Waals surface area contributed by atoms with Crippen LogP contribution in [0.3, 0.4) is 0 Å². The fourth-order valence-corrected chi connectivity index (χ4v) is 3.06. The van der Waals surface area contributed by atoms with Crippen LogP contribution in [0.1, 0.15) is 25.7 Å². The molecule has 1 saturated heterocycles. The Morgan fingerprint density at radius 3 is 3.04 bits per heavy atom. The van der Waals surface area contributed by atoms with Crippen molar-refractivity contribution < 1.29 is 9.32 Å². The lowest BCUT2D eigenvalue weighted by molar-refractivity contribution is -0.124. The first-order valence-corrected chi connectivity index (χ1v) is 8.02. The lowest BCUT2D eigenvalue weighted by atomic mass is 9.93. The number of halogens is 1. The summed E-state index contributed by atoms with van der Waals surface area (Å²) in [7, 11) is 0. The van der Waals surface area contributed by atoms with E-state index in [9.17, 15) is 4.79 Å². The van der Waals surface area contributed by atoms with Gasteiger partial charge in [-0.15, -0.1) is 0 Å². The molecule has 0 unspecified atom stereocenters. The molecule has 1 aromatic carbocycles. The van der Waals surface area contributed by atoms with Crippen molar-refractivity contribution in [3.8, 4) is 11.4 Å². The van der Waals surface area contributed by atoms with Crippen molar-refractivity contribution >= 4 is 17.5 Å². The summed E-state index contributed by atoms with van der Waals surface area (Å²) in [5.74, 6) is 0.684. The van der Waals surface area contributed by atoms with Gasteiger partial charge in [0, 0.05) is 23.2 Å². The largest absolute Gasteiger partial charge is 0.369 e. The minimum atomic E-state index is -0.243. The van der Waals surface area contributed by atoms with Crippen LogP contribution in [0.25, 0.3) is 11.4 Å². The molecule has 2 atom stereocenters. The Morgan fingerprint density at radius 2 is 2.30 bits per heavy atom. The van der Waals surface area contributed by atoms with Gasteiger partial charge in [-0.05, 0) is 31.9 Å². The lowest BCUT2D eigenvalue weighted by Crippen LogP contribution is -2.45. The summed E-state index contributed by atoms with van der Waals surface area (Å²) in [6, 6.07) is 7.67. The lowest BCUT2D eigenvalue weighted by Gasteiger charge is -2.35. The Hall–Kier alpha value is -1.92. The number of hydrogen-bond acceptors (Lipinski definition) is 5. The minimum Gasteiger partial charge on any atom is -0.369 e. The van der Waals surface area contributed by atoms with Gasteiger partial charge in [0.2, 0.25) is 17.6 Å². The smallest absolute Gasteiger partial charge is 0.241 e. The second-order valence-electron chi connectivity index (χ2n) is 5.98. The molecule has 1 fully saturated rings. The van der Waals surface area contributed by atoms with E-state index in [-0.39, 0.29) is 11.8 Å². The van der Waals surface area contributed by atoms with Gasteiger partial charge < -0.3 is 10.3 Å². The number of piperidine rings is 1. The molecule has 3 rings (SSSR count).